The quantitative estimate of drug-likeness (QED) is 0.543. The Kier molecular flexibility index (Phi) is 6.06. The first-order valence-corrected chi connectivity index (χ1v) is 10.1. The Morgan fingerprint density at radius 2 is 1.58 bits per heavy atom. The van der Waals surface area contributed by atoms with E-state index in [1.165, 1.54) is 6.07 Å². The van der Waals surface area contributed by atoms with E-state index >= 15 is 0 Å². The van der Waals surface area contributed by atoms with E-state index < -0.39 is 17.8 Å². The highest BCUT2D eigenvalue weighted by Gasteiger charge is 2.31. The highest BCUT2D eigenvalue weighted by Crippen LogP contribution is 2.44. The van der Waals surface area contributed by atoms with Gasteiger partial charge in [-0.15, -0.1) is 0 Å². The van der Waals surface area contributed by atoms with Crippen LogP contribution in [0.2, 0.25) is 0 Å². The molecule has 0 aromatic heterocycles. The van der Waals surface area contributed by atoms with Gasteiger partial charge in [0.1, 0.15) is 6.61 Å². The molecule has 0 bridgehead atoms. The van der Waals surface area contributed by atoms with Crippen molar-refractivity contribution in [3.63, 3.8) is 0 Å². The smallest absolute Gasteiger partial charge is 0.416 e. The summed E-state index contributed by atoms with van der Waals surface area (Å²) in [5.41, 5.74) is 3.36. The minimum Gasteiger partial charge on any atom is -0.449 e. The molecule has 4 nitrogen and oxygen atoms in total. The van der Waals surface area contributed by atoms with Crippen LogP contribution >= 0.6 is 0 Å². The molecule has 3 aromatic carbocycles. The molecule has 7 heteroatoms. The van der Waals surface area contributed by atoms with Crippen LogP contribution < -0.4 is 5.32 Å². The van der Waals surface area contributed by atoms with Crippen molar-refractivity contribution in [1.82, 2.24) is 5.32 Å². The van der Waals surface area contributed by atoms with E-state index in [-0.39, 0.29) is 30.2 Å². The lowest BCUT2D eigenvalue weighted by Crippen LogP contribution is -2.26. The maximum absolute atomic E-state index is 12.9. The highest BCUT2D eigenvalue weighted by atomic mass is 19.4. The summed E-state index contributed by atoms with van der Waals surface area (Å²) in [5.74, 6) is 5.04. The summed E-state index contributed by atoms with van der Waals surface area (Å²) < 4.78 is 44.2. The van der Waals surface area contributed by atoms with Gasteiger partial charge in [-0.1, -0.05) is 60.4 Å². The SMILES string of the molecule is N#Cc1cc(C#CCNC(=O)OCC2c3ccccc3-c3ccccc32)cc(C(F)(F)F)c1. The van der Waals surface area contributed by atoms with E-state index in [4.69, 9.17) is 10.00 Å². The van der Waals surface area contributed by atoms with Gasteiger partial charge < -0.3 is 10.1 Å². The van der Waals surface area contributed by atoms with Gasteiger partial charge in [-0.3, -0.25) is 0 Å². The normalized spacial score (nSPS) is 12.1. The molecule has 1 N–H and O–H groups in total. The minimum atomic E-state index is -4.58. The zero-order valence-corrected chi connectivity index (χ0v) is 17.2. The van der Waals surface area contributed by atoms with E-state index in [1.54, 1.807) is 6.07 Å². The molecule has 0 spiro atoms. The number of nitriles is 1. The fourth-order valence-corrected chi connectivity index (χ4v) is 3.84. The number of amides is 1. The monoisotopic (exact) mass is 446 g/mol. The van der Waals surface area contributed by atoms with Crippen molar-refractivity contribution < 1.29 is 22.7 Å². The van der Waals surface area contributed by atoms with Crippen LogP contribution in [0.3, 0.4) is 0 Å². The Morgan fingerprint density at radius 1 is 0.970 bits per heavy atom. The highest BCUT2D eigenvalue weighted by molar-refractivity contribution is 5.79. The first-order valence-electron chi connectivity index (χ1n) is 10.1. The third-order valence-electron chi connectivity index (χ3n) is 5.29. The predicted octanol–water partition coefficient (Wildman–Crippen LogP) is 5.47. The Balaban J connectivity index is 1.37. The molecule has 1 amide bonds. The van der Waals surface area contributed by atoms with Crippen LogP contribution in [0.25, 0.3) is 11.1 Å². The van der Waals surface area contributed by atoms with Crippen molar-refractivity contribution in [1.29, 1.82) is 5.26 Å². The van der Waals surface area contributed by atoms with E-state index in [2.05, 4.69) is 17.2 Å². The molecule has 0 saturated heterocycles. The van der Waals surface area contributed by atoms with Gasteiger partial charge >= 0.3 is 12.3 Å². The summed E-state index contributed by atoms with van der Waals surface area (Å²) in [6.07, 6.45) is -5.25. The Labute approximate surface area is 188 Å². The lowest BCUT2D eigenvalue weighted by Gasteiger charge is -2.14. The lowest BCUT2D eigenvalue weighted by atomic mass is 9.98. The van der Waals surface area contributed by atoms with E-state index in [0.29, 0.717) is 0 Å². The Bertz CT molecular complexity index is 1270. The second-order valence-electron chi connectivity index (χ2n) is 7.39. The molecular formula is C26H17F3N2O2. The van der Waals surface area contributed by atoms with Gasteiger partial charge in [0.25, 0.3) is 0 Å². The number of alkyl halides is 3. The van der Waals surface area contributed by atoms with Gasteiger partial charge in [0.2, 0.25) is 0 Å². The van der Waals surface area contributed by atoms with Crippen LogP contribution in [-0.2, 0) is 10.9 Å². The number of benzene rings is 3. The summed E-state index contributed by atoms with van der Waals surface area (Å²) in [6.45, 7) is 0.0290. The second-order valence-corrected chi connectivity index (χ2v) is 7.39. The molecule has 1 aliphatic carbocycles. The number of hydrogen-bond acceptors (Lipinski definition) is 3. The van der Waals surface area contributed by atoms with E-state index in [9.17, 15) is 18.0 Å². The van der Waals surface area contributed by atoms with Gasteiger partial charge in [0.15, 0.2) is 0 Å². The molecule has 0 saturated carbocycles. The molecule has 1 aliphatic rings. The molecular weight excluding hydrogens is 429 g/mol. The standard InChI is InChI=1S/C26H17F3N2O2/c27-26(28,29)19-13-17(12-18(14-19)15-30)6-5-11-31-25(32)33-16-24-22-9-3-1-7-20(22)21-8-2-4-10-23(21)24/h1-4,7-10,12-14,24H,11,16H2,(H,31,32). The average molecular weight is 446 g/mol. The molecule has 3 aromatic rings. The van der Waals surface area contributed by atoms with Crippen molar-refractivity contribution >= 4 is 6.09 Å². The number of carbonyl (C=O) groups excluding carboxylic acids is 1. The van der Waals surface area contributed by atoms with Gasteiger partial charge in [-0.05, 0) is 40.5 Å². The number of nitrogens with zero attached hydrogens (tertiary/aromatic N) is 1. The summed E-state index contributed by atoms with van der Waals surface area (Å²) in [6, 6.07) is 20.5. The summed E-state index contributed by atoms with van der Waals surface area (Å²) in [4.78, 5) is 12.1. The molecule has 0 aliphatic heterocycles. The number of halogens is 3. The van der Waals surface area contributed by atoms with Crippen LogP contribution in [0.15, 0.2) is 66.7 Å². The number of ether oxygens (including phenoxy) is 1. The second kappa shape index (κ2) is 9.10. The van der Waals surface area contributed by atoms with Gasteiger partial charge in [-0.2, -0.15) is 18.4 Å². The molecule has 0 fully saturated rings. The van der Waals surface area contributed by atoms with Crippen molar-refractivity contribution in [3.8, 4) is 29.0 Å². The Morgan fingerprint density at radius 3 is 2.18 bits per heavy atom. The average Bonchev–Trinajstić information content (AvgIpc) is 3.13. The van der Waals surface area contributed by atoms with Crippen LogP contribution in [-0.4, -0.2) is 19.2 Å². The van der Waals surface area contributed by atoms with Crippen molar-refractivity contribution in [2.75, 3.05) is 13.2 Å². The zero-order valence-electron chi connectivity index (χ0n) is 17.2. The maximum Gasteiger partial charge on any atom is 0.416 e. The zero-order chi connectivity index (χ0) is 23.4. The van der Waals surface area contributed by atoms with Crippen molar-refractivity contribution in [2.45, 2.75) is 12.1 Å². The van der Waals surface area contributed by atoms with Crippen molar-refractivity contribution in [2.24, 2.45) is 0 Å². The molecule has 33 heavy (non-hydrogen) atoms. The van der Waals surface area contributed by atoms with Crippen LogP contribution in [0, 0.1) is 23.2 Å². The summed E-state index contributed by atoms with van der Waals surface area (Å²) in [5, 5.41) is 11.4. The van der Waals surface area contributed by atoms with Gasteiger partial charge in [0, 0.05) is 11.5 Å². The molecule has 0 heterocycles. The first kappa shape index (κ1) is 22.0. The lowest BCUT2D eigenvalue weighted by molar-refractivity contribution is -0.137. The first-order chi connectivity index (χ1) is 15.9. The van der Waals surface area contributed by atoms with E-state index in [1.807, 2.05) is 48.5 Å². The molecule has 0 radical (unpaired) electrons. The fraction of sp³-hybridized carbons (Fsp3) is 0.154. The van der Waals surface area contributed by atoms with E-state index in [0.717, 1.165) is 34.4 Å². The van der Waals surface area contributed by atoms with Crippen LogP contribution in [0.1, 0.15) is 33.7 Å². The molecule has 4 rings (SSSR count). The number of carbonyl (C=O) groups is 1. The van der Waals surface area contributed by atoms with Gasteiger partial charge in [-0.25, -0.2) is 4.79 Å². The van der Waals surface area contributed by atoms with Crippen LogP contribution in [0.4, 0.5) is 18.0 Å². The number of nitrogens with one attached hydrogen (secondary N) is 1. The summed E-state index contributed by atoms with van der Waals surface area (Å²) >= 11 is 0. The number of hydrogen-bond donors (Lipinski definition) is 1. The summed E-state index contributed by atoms with van der Waals surface area (Å²) in [7, 11) is 0. The molecule has 0 atom stereocenters. The maximum atomic E-state index is 12.9. The number of fused-ring (bicyclic) bond motifs is 3. The fourth-order valence-electron chi connectivity index (χ4n) is 3.84. The molecule has 164 valence electrons. The minimum absolute atomic E-state index is 0.0377. The van der Waals surface area contributed by atoms with Crippen molar-refractivity contribution in [3.05, 3.63) is 94.5 Å². The largest absolute Gasteiger partial charge is 0.449 e. The Hall–Kier alpha value is -4.23. The van der Waals surface area contributed by atoms with Crippen LogP contribution in [0.5, 0.6) is 0 Å². The third-order valence-corrected chi connectivity index (χ3v) is 5.29. The topological polar surface area (TPSA) is 62.1 Å². The number of alkyl carbamates (subject to hydrolysis) is 1. The predicted molar refractivity (Wildman–Crippen MR) is 116 cm³/mol. The third kappa shape index (κ3) is 4.83. The number of rotatable bonds is 3. The molecule has 0 unspecified atom stereocenters. The van der Waals surface area contributed by atoms with Gasteiger partial charge in [0.05, 0.1) is 23.7 Å².